The van der Waals surface area contributed by atoms with Gasteiger partial charge in [0.05, 0.1) is 13.2 Å². The summed E-state index contributed by atoms with van der Waals surface area (Å²) >= 11 is 0. The van der Waals surface area contributed by atoms with Crippen molar-refractivity contribution in [2.75, 3.05) is 13.2 Å². The first-order valence-electron chi connectivity index (χ1n) is 8.99. The lowest BCUT2D eigenvalue weighted by Crippen LogP contribution is -2.05. The van der Waals surface area contributed by atoms with Gasteiger partial charge in [-0.05, 0) is 64.2 Å². The minimum atomic E-state index is -0.303. The molecule has 2 rings (SSSR count). The molecule has 5 heteroatoms. The smallest absolute Gasteiger partial charge is 0.339 e. The summed E-state index contributed by atoms with van der Waals surface area (Å²) in [6.45, 7) is 6.52. The van der Waals surface area contributed by atoms with Gasteiger partial charge >= 0.3 is 11.6 Å². The van der Waals surface area contributed by atoms with Gasteiger partial charge in [-0.15, -0.1) is 0 Å². The highest BCUT2D eigenvalue weighted by molar-refractivity contribution is 5.82. The van der Waals surface area contributed by atoms with E-state index < -0.39 is 0 Å². The van der Waals surface area contributed by atoms with Gasteiger partial charge in [-0.1, -0.05) is 6.08 Å². The van der Waals surface area contributed by atoms with E-state index in [9.17, 15) is 9.59 Å². The van der Waals surface area contributed by atoms with Crippen molar-refractivity contribution in [3.63, 3.8) is 0 Å². The Morgan fingerprint density at radius 3 is 2.54 bits per heavy atom. The van der Waals surface area contributed by atoms with Crippen molar-refractivity contribution < 1.29 is 18.7 Å². The first-order valence-corrected chi connectivity index (χ1v) is 8.99. The number of benzene rings is 1. The monoisotopic (exact) mass is 358 g/mol. The molecule has 0 amide bonds. The van der Waals surface area contributed by atoms with E-state index in [4.69, 9.17) is 13.9 Å². The van der Waals surface area contributed by atoms with Crippen molar-refractivity contribution in [1.82, 2.24) is 0 Å². The normalized spacial score (nSPS) is 11.2. The highest BCUT2D eigenvalue weighted by atomic mass is 16.5. The van der Waals surface area contributed by atoms with Gasteiger partial charge in [0, 0.05) is 23.1 Å². The first-order chi connectivity index (χ1) is 12.5. The van der Waals surface area contributed by atoms with Crippen LogP contribution in [0.1, 0.15) is 43.7 Å². The van der Waals surface area contributed by atoms with E-state index in [0.29, 0.717) is 30.1 Å². The third-order valence-electron chi connectivity index (χ3n) is 4.28. The van der Waals surface area contributed by atoms with Crippen LogP contribution in [0.15, 0.2) is 39.6 Å². The standard InChI is InChI=1S/C21H26O5/c1-4-9-20(22)25-13-8-6-5-7-12-24-17-10-11-18-15(2)16(3)21(23)26-19(18)14-17/h4,9-11,14H,5-8,12-13H2,1-3H3. The highest BCUT2D eigenvalue weighted by Crippen LogP contribution is 2.24. The minimum absolute atomic E-state index is 0.288. The molecule has 0 saturated carbocycles. The predicted octanol–water partition coefficient (Wildman–Crippen LogP) is 4.47. The Morgan fingerprint density at radius 1 is 1.08 bits per heavy atom. The van der Waals surface area contributed by atoms with Crippen molar-refractivity contribution in [1.29, 1.82) is 0 Å². The number of ether oxygens (including phenoxy) is 2. The number of aryl methyl sites for hydroxylation is 1. The molecule has 0 radical (unpaired) electrons. The van der Waals surface area contributed by atoms with Gasteiger partial charge in [0.1, 0.15) is 11.3 Å². The van der Waals surface area contributed by atoms with Crippen LogP contribution in [0.5, 0.6) is 5.75 Å². The topological polar surface area (TPSA) is 65.7 Å². The quantitative estimate of drug-likeness (QED) is 0.286. The van der Waals surface area contributed by atoms with Gasteiger partial charge in [0.25, 0.3) is 0 Å². The molecule has 26 heavy (non-hydrogen) atoms. The van der Waals surface area contributed by atoms with Crippen LogP contribution >= 0.6 is 0 Å². The maximum atomic E-state index is 11.8. The lowest BCUT2D eigenvalue weighted by atomic mass is 10.1. The molecule has 1 aromatic heterocycles. The first kappa shape index (κ1) is 19.8. The predicted molar refractivity (Wildman–Crippen MR) is 102 cm³/mol. The third-order valence-corrected chi connectivity index (χ3v) is 4.28. The van der Waals surface area contributed by atoms with Crippen LogP contribution in [0.4, 0.5) is 0 Å². The second-order valence-corrected chi connectivity index (χ2v) is 6.23. The number of allylic oxidation sites excluding steroid dienone is 1. The highest BCUT2D eigenvalue weighted by Gasteiger charge is 2.08. The summed E-state index contributed by atoms with van der Waals surface area (Å²) in [4.78, 5) is 22.9. The molecule has 0 unspecified atom stereocenters. The second kappa shape index (κ2) is 9.80. The summed E-state index contributed by atoms with van der Waals surface area (Å²) in [5.74, 6) is 0.411. The zero-order valence-electron chi connectivity index (χ0n) is 15.7. The number of carbonyl (C=O) groups excluding carboxylic acids is 1. The van der Waals surface area contributed by atoms with E-state index in [1.807, 2.05) is 19.1 Å². The number of carbonyl (C=O) groups is 1. The van der Waals surface area contributed by atoms with E-state index in [-0.39, 0.29) is 11.6 Å². The van der Waals surface area contributed by atoms with Crippen molar-refractivity contribution in [2.45, 2.75) is 46.5 Å². The molecular formula is C21H26O5. The van der Waals surface area contributed by atoms with E-state index in [2.05, 4.69) is 0 Å². The van der Waals surface area contributed by atoms with E-state index >= 15 is 0 Å². The Balaban J connectivity index is 1.72. The Labute approximate surface area is 153 Å². The fraction of sp³-hybridized carbons (Fsp3) is 0.429. The summed E-state index contributed by atoms with van der Waals surface area (Å²) < 4.78 is 16.1. The second-order valence-electron chi connectivity index (χ2n) is 6.23. The summed E-state index contributed by atoms with van der Waals surface area (Å²) in [6, 6.07) is 5.59. The zero-order chi connectivity index (χ0) is 18.9. The minimum Gasteiger partial charge on any atom is -0.493 e. The van der Waals surface area contributed by atoms with E-state index in [1.54, 1.807) is 26.0 Å². The van der Waals surface area contributed by atoms with Gasteiger partial charge in [-0.25, -0.2) is 9.59 Å². The molecule has 1 aromatic carbocycles. The Kier molecular flexibility index (Phi) is 7.45. The lowest BCUT2D eigenvalue weighted by molar-refractivity contribution is -0.137. The van der Waals surface area contributed by atoms with Crippen molar-refractivity contribution >= 4 is 16.9 Å². The largest absolute Gasteiger partial charge is 0.493 e. The molecule has 0 aliphatic heterocycles. The molecule has 0 saturated heterocycles. The van der Waals surface area contributed by atoms with Gasteiger partial charge in [0.15, 0.2) is 0 Å². The van der Waals surface area contributed by atoms with Crippen LogP contribution in [0.25, 0.3) is 11.0 Å². The Hall–Kier alpha value is -2.56. The fourth-order valence-electron chi connectivity index (χ4n) is 2.62. The lowest BCUT2D eigenvalue weighted by Gasteiger charge is -2.08. The average Bonchev–Trinajstić information content (AvgIpc) is 2.62. The molecule has 0 bridgehead atoms. The maximum absolute atomic E-state index is 11.8. The third kappa shape index (κ3) is 5.48. The molecule has 0 atom stereocenters. The molecule has 5 nitrogen and oxygen atoms in total. The van der Waals surface area contributed by atoms with Crippen LogP contribution in [-0.4, -0.2) is 19.2 Å². The molecule has 0 N–H and O–H groups in total. The summed E-state index contributed by atoms with van der Waals surface area (Å²) in [6.07, 6.45) is 6.84. The van der Waals surface area contributed by atoms with E-state index in [1.165, 1.54) is 6.08 Å². The van der Waals surface area contributed by atoms with Crippen LogP contribution in [0, 0.1) is 13.8 Å². The molecule has 0 aliphatic rings. The zero-order valence-corrected chi connectivity index (χ0v) is 15.7. The number of fused-ring (bicyclic) bond motifs is 1. The van der Waals surface area contributed by atoms with E-state index in [0.717, 1.165) is 36.6 Å². The molecule has 0 spiro atoms. The number of hydrogen-bond acceptors (Lipinski definition) is 5. The Bertz CT molecular complexity index is 832. The van der Waals surface area contributed by atoms with Crippen LogP contribution in [-0.2, 0) is 9.53 Å². The maximum Gasteiger partial charge on any atom is 0.339 e. The van der Waals surface area contributed by atoms with Gasteiger partial charge in [-0.3, -0.25) is 0 Å². The van der Waals surface area contributed by atoms with Crippen LogP contribution < -0.4 is 10.4 Å². The van der Waals surface area contributed by atoms with Gasteiger partial charge < -0.3 is 13.9 Å². The summed E-state index contributed by atoms with van der Waals surface area (Å²) in [7, 11) is 0. The number of esters is 1. The van der Waals surface area contributed by atoms with Gasteiger partial charge in [-0.2, -0.15) is 0 Å². The van der Waals surface area contributed by atoms with Gasteiger partial charge in [0.2, 0.25) is 0 Å². The van der Waals surface area contributed by atoms with Crippen molar-refractivity contribution in [3.05, 3.63) is 51.9 Å². The molecule has 140 valence electrons. The number of hydrogen-bond donors (Lipinski definition) is 0. The van der Waals surface area contributed by atoms with Crippen molar-refractivity contribution in [2.24, 2.45) is 0 Å². The molecule has 2 aromatic rings. The fourth-order valence-corrected chi connectivity index (χ4v) is 2.62. The SMILES string of the molecule is CC=CC(=O)OCCCCCCOc1ccc2c(C)c(C)c(=O)oc2c1. The molecule has 0 aliphatic carbocycles. The average molecular weight is 358 g/mol. The molecular weight excluding hydrogens is 332 g/mol. The van der Waals surface area contributed by atoms with Crippen LogP contribution in [0.3, 0.4) is 0 Å². The summed E-state index contributed by atoms with van der Waals surface area (Å²) in [5.41, 5.74) is 1.83. The summed E-state index contributed by atoms with van der Waals surface area (Å²) in [5, 5.41) is 0.932. The number of unbranched alkanes of at least 4 members (excludes halogenated alkanes) is 3. The molecule has 0 fully saturated rings. The van der Waals surface area contributed by atoms with Crippen molar-refractivity contribution in [3.8, 4) is 5.75 Å². The Morgan fingerprint density at radius 2 is 1.81 bits per heavy atom. The molecule has 1 heterocycles. The number of rotatable bonds is 9. The van der Waals surface area contributed by atoms with Crippen LogP contribution in [0.2, 0.25) is 0 Å².